The van der Waals surface area contributed by atoms with Crippen molar-refractivity contribution in [3.05, 3.63) is 45.4 Å². The molecule has 3 heterocycles. The number of nitrogens with one attached hydrogen (secondary N) is 1. The summed E-state index contributed by atoms with van der Waals surface area (Å²) in [7, 11) is 2.17. The Morgan fingerprint density at radius 2 is 2.19 bits per heavy atom. The minimum absolute atomic E-state index is 0.236. The summed E-state index contributed by atoms with van der Waals surface area (Å²) >= 11 is 7.71. The van der Waals surface area contributed by atoms with Gasteiger partial charge in [0, 0.05) is 28.6 Å². The van der Waals surface area contributed by atoms with E-state index < -0.39 is 0 Å². The third kappa shape index (κ3) is 3.61. The maximum absolute atomic E-state index is 10.5. The molecule has 27 heavy (non-hydrogen) atoms. The topological polar surface area (TPSA) is 63.5 Å². The Morgan fingerprint density at radius 3 is 2.93 bits per heavy atom. The Balaban J connectivity index is 1.48. The van der Waals surface area contributed by atoms with Gasteiger partial charge in [-0.25, -0.2) is 4.98 Å². The normalized spacial score (nSPS) is 20.9. The summed E-state index contributed by atoms with van der Waals surface area (Å²) in [5.41, 5.74) is 2.20. The first kappa shape index (κ1) is 18.5. The fourth-order valence-corrected chi connectivity index (χ4v) is 5.00. The number of hydrogen-bond acceptors (Lipinski definition) is 5. The van der Waals surface area contributed by atoms with Crippen molar-refractivity contribution in [2.45, 2.75) is 25.3 Å². The maximum atomic E-state index is 10.5. The van der Waals surface area contributed by atoms with Gasteiger partial charge in [-0.15, -0.1) is 11.3 Å². The molecule has 0 amide bonds. The Morgan fingerprint density at radius 1 is 1.37 bits per heavy atom. The molecule has 142 valence electrons. The van der Waals surface area contributed by atoms with Gasteiger partial charge in [-0.2, -0.15) is 0 Å². The number of hydrogen-bond donors (Lipinski definition) is 2. The van der Waals surface area contributed by atoms with Crippen LogP contribution in [0.25, 0.3) is 16.8 Å². The second-order valence-electron chi connectivity index (χ2n) is 7.17. The summed E-state index contributed by atoms with van der Waals surface area (Å²) in [6.45, 7) is 2.33. The molecule has 1 saturated heterocycles. The predicted octanol–water partition coefficient (Wildman–Crippen LogP) is 4.51. The zero-order valence-electron chi connectivity index (χ0n) is 15.3. The lowest BCUT2D eigenvalue weighted by molar-refractivity contribution is 0.268. The van der Waals surface area contributed by atoms with Crippen molar-refractivity contribution in [3.8, 4) is 11.3 Å². The molecule has 2 aliphatic heterocycles. The molecule has 0 spiro atoms. The summed E-state index contributed by atoms with van der Waals surface area (Å²) < 4.78 is 0. The van der Waals surface area contributed by atoms with Crippen LogP contribution in [0.2, 0.25) is 5.02 Å². The minimum atomic E-state index is 0.236. The number of thiazole rings is 1. The number of nitrogens with zero attached hydrogens (tertiary/aromatic N) is 3. The average Bonchev–Trinajstić information content (AvgIpc) is 3.34. The number of amidine groups is 1. The number of rotatable bonds is 5. The standard InChI is InChI=1S/C20H23ClN4OS/c1-24-9-4-5-13(24)8-10-25-11-17(26)18(19(25)22)20-23-16(12-27-20)14-6-2-3-7-15(14)21/h2-3,6-7,12-13,22,26H,4-5,8-11H2,1H3. The smallest absolute Gasteiger partial charge is 0.135 e. The van der Waals surface area contributed by atoms with E-state index in [1.807, 2.05) is 34.5 Å². The molecule has 2 aliphatic rings. The SMILES string of the molecule is CN1CCCC1CCN1CC(O)=C(c2nc(-c3ccccc3Cl)cs2)C1=N. The van der Waals surface area contributed by atoms with Gasteiger partial charge in [0.05, 0.1) is 17.8 Å². The lowest BCUT2D eigenvalue weighted by Crippen LogP contribution is -2.33. The zero-order chi connectivity index (χ0) is 19.0. The second kappa shape index (κ2) is 7.62. The van der Waals surface area contributed by atoms with Crippen molar-refractivity contribution in [1.82, 2.24) is 14.8 Å². The van der Waals surface area contributed by atoms with Crippen molar-refractivity contribution >= 4 is 34.3 Å². The van der Waals surface area contributed by atoms with E-state index in [0.717, 1.165) is 30.8 Å². The number of aromatic nitrogens is 1. The van der Waals surface area contributed by atoms with Crippen LogP contribution in [0.4, 0.5) is 0 Å². The molecule has 7 heteroatoms. The summed E-state index contributed by atoms with van der Waals surface area (Å²) in [5, 5.41) is 22.3. The Kier molecular flexibility index (Phi) is 5.21. The molecule has 0 bridgehead atoms. The van der Waals surface area contributed by atoms with E-state index in [0.29, 0.717) is 34.0 Å². The molecule has 1 atom stereocenters. The molecular weight excluding hydrogens is 380 g/mol. The molecule has 5 nitrogen and oxygen atoms in total. The van der Waals surface area contributed by atoms with Gasteiger partial charge in [0.25, 0.3) is 0 Å². The fourth-order valence-electron chi connectivity index (χ4n) is 3.88. The summed E-state index contributed by atoms with van der Waals surface area (Å²) in [4.78, 5) is 8.99. The van der Waals surface area contributed by atoms with E-state index in [-0.39, 0.29) is 5.76 Å². The van der Waals surface area contributed by atoms with Crippen LogP contribution in [0.1, 0.15) is 24.3 Å². The molecule has 1 aromatic carbocycles. The van der Waals surface area contributed by atoms with Crippen molar-refractivity contribution < 1.29 is 5.11 Å². The highest BCUT2D eigenvalue weighted by Crippen LogP contribution is 2.34. The van der Waals surface area contributed by atoms with Crippen LogP contribution >= 0.6 is 22.9 Å². The molecule has 0 aliphatic carbocycles. The fraction of sp³-hybridized carbons (Fsp3) is 0.400. The van der Waals surface area contributed by atoms with Crippen LogP contribution in [0, 0.1) is 5.41 Å². The van der Waals surface area contributed by atoms with Crippen LogP contribution in [-0.4, -0.2) is 58.4 Å². The molecule has 2 aromatic rings. The van der Waals surface area contributed by atoms with E-state index in [1.54, 1.807) is 0 Å². The minimum Gasteiger partial charge on any atom is -0.510 e. The number of likely N-dealkylation sites (tertiary alicyclic amines) is 1. The van der Waals surface area contributed by atoms with Crippen LogP contribution < -0.4 is 0 Å². The largest absolute Gasteiger partial charge is 0.510 e. The monoisotopic (exact) mass is 402 g/mol. The summed E-state index contributed by atoms with van der Waals surface area (Å²) in [5.74, 6) is 0.605. The van der Waals surface area contributed by atoms with E-state index in [4.69, 9.17) is 17.0 Å². The number of aliphatic hydroxyl groups excluding tert-OH is 1. The lowest BCUT2D eigenvalue weighted by atomic mass is 10.1. The van der Waals surface area contributed by atoms with Gasteiger partial charge in [0.1, 0.15) is 16.6 Å². The maximum Gasteiger partial charge on any atom is 0.135 e. The van der Waals surface area contributed by atoms with Gasteiger partial charge >= 0.3 is 0 Å². The first-order valence-corrected chi connectivity index (χ1v) is 10.5. The second-order valence-corrected chi connectivity index (χ2v) is 8.44. The summed E-state index contributed by atoms with van der Waals surface area (Å²) in [6, 6.07) is 8.16. The van der Waals surface area contributed by atoms with Crippen LogP contribution in [0.5, 0.6) is 0 Å². The highest BCUT2D eigenvalue weighted by Gasteiger charge is 2.31. The third-order valence-electron chi connectivity index (χ3n) is 5.45. The molecule has 1 aromatic heterocycles. The Bertz CT molecular complexity index is 894. The van der Waals surface area contributed by atoms with Crippen molar-refractivity contribution in [2.24, 2.45) is 0 Å². The quantitative estimate of drug-likeness (QED) is 0.772. The first-order chi connectivity index (χ1) is 13.0. The molecule has 0 saturated carbocycles. The molecule has 1 unspecified atom stereocenters. The highest BCUT2D eigenvalue weighted by molar-refractivity contribution is 7.11. The average molecular weight is 403 g/mol. The van der Waals surface area contributed by atoms with Gasteiger partial charge < -0.3 is 14.9 Å². The Labute approximate surface area is 168 Å². The van der Waals surface area contributed by atoms with Gasteiger partial charge in [-0.05, 0) is 38.9 Å². The van der Waals surface area contributed by atoms with Crippen molar-refractivity contribution in [1.29, 1.82) is 5.41 Å². The highest BCUT2D eigenvalue weighted by atomic mass is 35.5. The number of aliphatic hydroxyl groups is 1. The third-order valence-corrected chi connectivity index (χ3v) is 6.64. The van der Waals surface area contributed by atoms with Crippen LogP contribution in [-0.2, 0) is 0 Å². The van der Waals surface area contributed by atoms with Gasteiger partial charge in [0.15, 0.2) is 0 Å². The van der Waals surface area contributed by atoms with Crippen molar-refractivity contribution in [2.75, 3.05) is 26.7 Å². The van der Waals surface area contributed by atoms with E-state index >= 15 is 0 Å². The summed E-state index contributed by atoms with van der Waals surface area (Å²) in [6.07, 6.45) is 3.48. The van der Waals surface area contributed by atoms with Crippen LogP contribution in [0.3, 0.4) is 0 Å². The molecular formula is C20H23ClN4OS. The number of halogens is 1. The first-order valence-electron chi connectivity index (χ1n) is 9.21. The molecule has 0 radical (unpaired) electrons. The van der Waals surface area contributed by atoms with Gasteiger partial charge in [0.2, 0.25) is 0 Å². The molecule has 1 fully saturated rings. The van der Waals surface area contributed by atoms with E-state index in [1.165, 1.54) is 24.2 Å². The Hall–Kier alpha value is -1.89. The zero-order valence-corrected chi connectivity index (χ0v) is 16.9. The van der Waals surface area contributed by atoms with Gasteiger partial charge in [-0.1, -0.05) is 29.8 Å². The number of benzene rings is 1. The lowest BCUT2D eigenvalue weighted by Gasteiger charge is -2.24. The molecule has 2 N–H and O–H groups in total. The predicted molar refractivity (Wildman–Crippen MR) is 112 cm³/mol. The van der Waals surface area contributed by atoms with E-state index in [9.17, 15) is 5.11 Å². The van der Waals surface area contributed by atoms with Crippen LogP contribution in [0.15, 0.2) is 35.4 Å². The molecule has 4 rings (SSSR count). The van der Waals surface area contributed by atoms with E-state index in [2.05, 4.69) is 16.9 Å². The van der Waals surface area contributed by atoms with Gasteiger partial charge in [-0.3, -0.25) is 5.41 Å². The van der Waals surface area contributed by atoms with Crippen molar-refractivity contribution in [3.63, 3.8) is 0 Å².